The minimum Gasteiger partial charge on any atom is -0.357 e. The van der Waals surface area contributed by atoms with E-state index in [1.54, 1.807) is 0 Å². The molecule has 1 fully saturated rings. The molecule has 2 aromatic heterocycles. The number of piperidine rings is 1. The number of imidazole rings is 1. The Morgan fingerprint density at radius 1 is 1.11 bits per heavy atom. The Balaban J connectivity index is 1.83. The lowest BCUT2D eigenvalue weighted by Crippen LogP contribution is -2.36. The Morgan fingerprint density at radius 2 is 1.93 bits per heavy atom. The Morgan fingerprint density at radius 3 is 2.70 bits per heavy atom. The predicted octanol–water partition coefficient (Wildman–Crippen LogP) is 3.89. The summed E-state index contributed by atoms with van der Waals surface area (Å²) in [5.74, 6) is 3.32. The third kappa shape index (κ3) is 2.48. The maximum absolute atomic E-state index is 9.92. The van der Waals surface area contributed by atoms with E-state index in [9.17, 15) is 10.5 Å². The van der Waals surface area contributed by atoms with E-state index >= 15 is 0 Å². The van der Waals surface area contributed by atoms with Gasteiger partial charge in [-0.15, -0.1) is 0 Å². The second kappa shape index (κ2) is 6.48. The summed E-state index contributed by atoms with van der Waals surface area (Å²) in [5.41, 5.74) is 5.96. The summed E-state index contributed by atoms with van der Waals surface area (Å²) < 4.78 is 2.20. The normalized spacial score (nSPS) is 17.6. The van der Waals surface area contributed by atoms with Crippen LogP contribution in [-0.4, -0.2) is 28.2 Å². The van der Waals surface area contributed by atoms with E-state index in [1.165, 1.54) is 16.9 Å². The minimum absolute atomic E-state index is 0.153. The highest BCUT2D eigenvalue weighted by molar-refractivity contribution is 7.98. The van der Waals surface area contributed by atoms with Crippen LogP contribution in [0.15, 0.2) is 24.3 Å². The molecule has 0 atom stereocenters. The third-order valence-corrected chi connectivity index (χ3v) is 6.75. The molecule has 2 aliphatic heterocycles. The summed E-state index contributed by atoms with van der Waals surface area (Å²) in [5, 5.41) is 19.2. The lowest BCUT2D eigenvalue weighted by molar-refractivity contribution is 0.484. The van der Waals surface area contributed by atoms with Crippen molar-refractivity contribution in [3.8, 4) is 12.1 Å². The highest BCUT2D eigenvalue weighted by Gasteiger charge is 2.29. The zero-order valence-electron chi connectivity index (χ0n) is 15.0. The summed E-state index contributed by atoms with van der Waals surface area (Å²) in [7, 11) is 0. The van der Waals surface area contributed by atoms with Crippen LogP contribution in [-0.2, 0) is 12.2 Å². The smallest absolute Gasteiger partial charge is 0.157 e. The monoisotopic (exact) mass is 373 g/mol. The van der Waals surface area contributed by atoms with Crippen LogP contribution >= 0.6 is 11.8 Å². The van der Waals surface area contributed by atoms with Gasteiger partial charge in [-0.05, 0) is 42.7 Å². The largest absolute Gasteiger partial charge is 0.357 e. The number of rotatable bonds is 1. The van der Waals surface area contributed by atoms with Crippen LogP contribution in [0.25, 0.3) is 16.7 Å². The van der Waals surface area contributed by atoms with Crippen molar-refractivity contribution in [3.63, 3.8) is 0 Å². The molecule has 1 aromatic carbocycles. The maximum Gasteiger partial charge on any atom is 0.157 e. The SMILES string of the molecule is N#Cc1c2c(c(N3CCC(C#N)CC3)n3c1nc1ccccc13)CSCC2. The van der Waals surface area contributed by atoms with Gasteiger partial charge in [-0.2, -0.15) is 22.3 Å². The standard InChI is InChI=1S/C21H19N5S/c22-11-14-5-8-25(9-6-14)21-17-13-27-10-7-15(17)16(12-23)20-24-18-3-1-2-4-19(18)26(20)21/h1-4,14H,5-10,13H2. The highest BCUT2D eigenvalue weighted by Crippen LogP contribution is 2.39. The van der Waals surface area contributed by atoms with E-state index in [0.717, 1.165) is 66.1 Å². The van der Waals surface area contributed by atoms with Crippen LogP contribution in [0.2, 0.25) is 0 Å². The molecule has 4 heterocycles. The van der Waals surface area contributed by atoms with Crippen LogP contribution in [0.1, 0.15) is 29.5 Å². The number of benzene rings is 1. The molecule has 5 rings (SSSR count). The van der Waals surface area contributed by atoms with Gasteiger partial charge in [0.15, 0.2) is 5.65 Å². The van der Waals surface area contributed by atoms with Crippen molar-refractivity contribution in [2.75, 3.05) is 23.7 Å². The molecular formula is C21H19N5S. The number of aromatic nitrogens is 2. The zero-order valence-corrected chi connectivity index (χ0v) is 15.8. The fourth-order valence-electron chi connectivity index (χ4n) is 4.41. The van der Waals surface area contributed by atoms with Gasteiger partial charge in [0.05, 0.1) is 22.7 Å². The molecule has 0 radical (unpaired) electrons. The van der Waals surface area contributed by atoms with Crippen molar-refractivity contribution >= 4 is 34.3 Å². The molecule has 0 spiro atoms. The van der Waals surface area contributed by atoms with Gasteiger partial charge in [-0.3, -0.25) is 4.40 Å². The molecule has 0 saturated carbocycles. The van der Waals surface area contributed by atoms with Crippen LogP contribution in [0.4, 0.5) is 5.82 Å². The van der Waals surface area contributed by atoms with Crippen molar-refractivity contribution in [1.29, 1.82) is 10.5 Å². The van der Waals surface area contributed by atoms with Crippen molar-refractivity contribution < 1.29 is 0 Å². The minimum atomic E-state index is 0.153. The van der Waals surface area contributed by atoms with Crippen molar-refractivity contribution in [1.82, 2.24) is 9.38 Å². The van der Waals surface area contributed by atoms with Gasteiger partial charge in [0.25, 0.3) is 0 Å². The molecule has 5 nitrogen and oxygen atoms in total. The molecular weight excluding hydrogens is 354 g/mol. The lowest BCUT2D eigenvalue weighted by atomic mass is 9.96. The number of anilines is 1. The van der Waals surface area contributed by atoms with E-state index in [-0.39, 0.29) is 5.92 Å². The van der Waals surface area contributed by atoms with Crippen molar-refractivity contribution in [2.45, 2.75) is 25.0 Å². The van der Waals surface area contributed by atoms with Crippen molar-refractivity contribution in [3.05, 3.63) is 41.0 Å². The summed E-state index contributed by atoms with van der Waals surface area (Å²) in [4.78, 5) is 7.25. The molecule has 0 bridgehead atoms. The number of hydrogen-bond acceptors (Lipinski definition) is 5. The fraction of sp³-hybridized carbons (Fsp3) is 0.381. The number of nitriles is 2. The first kappa shape index (κ1) is 16.5. The maximum atomic E-state index is 9.92. The second-order valence-electron chi connectivity index (χ2n) is 7.22. The lowest BCUT2D eigenvalue weighted by Gasteiger charge is -2.35. The first-order valence-corrected chi connectivity index (χ1v) is 10.5. The molecule has 6 heteroatoms. The van der Waals surface area contributed by atoms with Gasteiger partial charge in [0, 0.05) is 30.3 Å². The molecule has 3 aromatic rings. The Hall–Kier alpha value is -2.70. The molecule has 0 unspecified atom stereocenters. The van der Waals surface area contributed by atoms with Gasteiger partial charge in [0.1, 0.15) is 11.9 Å². The van der Waals surface area contributed by atoms with Crippen LogP contribution in [0, 0.1) is 28.6 Å². The van der Waals surface area contributed by atoms with E-state index < -0.39 is 0 Å². The second-order valence-corrected chi connectivity index (χ2v) is 8.33. The molecule has 27 heavy (non-hydrogen) atoms. The number of thioether (sulfide) groups is 1. The summed E-state index contributed by atoms with van der Waals surface area (Å²) in [6.07, 6.45) is 2.71. The van der Waals surface area contributed by atoms with E-state index in [2.05, 4.69) is 27.5 Å². The first-order valence-electron chi connectivity index (χ1n) is 9.39. The van der Waals surface area contributed by atoms with E-state index in [4.69, 9.17) is 4.98 Å². The molecule has 0 amide bonds. The topological polar surface area (TPSA) is 68.1 Å². The van der Waals surface area contributed by atoms with E-state index in [0.29, 0.717) is 0 Å². The average Bonchev–Trinajstić information content (AvgIpc) is 3.11. The van der Waals surface area contributed by atoms with Crippen LogP contribution in [0.3, 0.4) is 0 Å². The molecule has 0 N–H and O–H groups in total. The number of hydrogen-bond donors (Lipinski definition) is 0. The fourth-order valence-corrected chi connectivity index (χ4v) is 5.41. The molecule has 2 aliphatic rings. The van der Waals surface area contributed by atoms with Gasteiger partial charge < -0.3 is 4.90 Å². The number of fused-ring (bicyclic) bond motifs is 4. The zero-order chi connectivity index (χ0) is 18.4. The molecule has 134 valence electrons. The number of pyridine rings is 1. The van der Waals surface area contributed by atoms with Gasteiger partial charge in [0.2, 0.25) is 0 Å². The summed E-state index contributed by atoms with van der Waals surface area (Å²) in [6, 6.07) is 13.0. The number of nitrogens with zero attached hydrogens (tertiary/aromatic N) is 5. The Bertz CT molecular complexity index is 1130. The predicted molar refractivity (Wildman–Crippen MR) is 108 cm³/mol. The first-order chi connectivity index (χ1) is 13.3. The summed E-state index contributed by atoms with van der Waals surface area (Å²) >= 11 is 1.93. The number of para-hydroxylation sites is 2. The van der Waals surface area contributed by atoms with Gasteiger partial charge in [-0.25, -0.2) is 4.98 Å². The van der Waals surface area contributed by atoms with E-state index in [1.807, 2.05) is 30.0 Å². The molecule has 1 saturated heterocycles. The van der Waals surface area contributed by atoms with Gasteiger partial charge in [-0.1, -0.05) is 12.1 Å². The Kier molecular flexibility index (Phi) is 3.95. The molecule has 0 aliphatic carbocycles. The summed E-state index contributed by atoms with van der Waals surface area (Å²) in [6.45, 7) is 1.76. The highest BCUT2D eigenvalue weighted by atomic mass is 32.2. The van der Waals surface area contributed by atoms with Crippen LogP contribution in [0.5, 0.6) is 0 Å². The Labute approximate surface area is 162 Å². The third-order valence-electron chi connectivity index (χ3n) is 5.76. The average molecular weight is 373 g/mol. The van der Waals surface area contributed by atoms with Crippen LogP contribution < -0.4 is 4.90 Å². The quantitative estimate of drug-likeness (QED) is 0.647. The van der Waals surface area contributed by atoms with Gasteiger partial charge >= 0.3 is 0 Å². The van der Waals surface area contributed by atoms with Crippen molar-refractivity contribution in [2.24, 2.45) is 5.92 Å².